The predicted molar refractivity (Wildman–Crippen MR) is 83.8 cm³/mol. The lowest BCUT2D eigenvalue weighted by molar-refractivity contribution is 0.0572. The molecule has 1 heterocycles. The zero-order chi connectivity index (χ0) is 15.3. The topological polar surface area (TPSA) is 46.6 Å². The zero-order valence-corrected chi connectivity index (χ0v) is 13.7. The van der Waals surface area contributed by atoms with Gasteiger partial charge in [0.05, 0.1) is 11.0 Å². The Morgan fingerprint density at radius 1 is 1.29 bits per heavy atom. The van der Waals surface area contributed by atoms with Gasteiger partial charge in [0.15, 0.2) is 0 Å². The first-order chi connectivity index (χ1) is 10.1. The van der Waals surface area contributed by atoms with Gasteiger partial charge in [-0.1, -0.05) is 25.5 Å². The molecule has 21 heavy (non-hydrogen) atoms. The SMILES string of the molecule is CCCCc1ccc(S(=O)(=O)N2CCCC(OC)C2)cc1. The van der Waals surface area contributed by atoms with Gasteiger partial charge < -0.3 is 4.74 Å². The van der Waals surface area contributed by atoms with E-state index in [-0.39, 0.29) is 6.10 Å². The molecule has 1 aromatic rings. The highest BCUT2D eigenvalue weighted by molar-refractivity contribution is 7.89. The van der Waals surface area contributed by atoms with Crippen LogP contribution in [-0.2, 0) is 21.2 Å². The third-order valence-electron chi connectivity index (χ3n) is 4.05. The molecule has 1 unspecified atom stereocenters. The van der Waals surface area contributed by atoms with E-state index in [0.717, 1.165) is 32.1 Å². The smallest absolute Gasteiger partial charge is 0.243 e. The maximum absolute atomic E-state index is 12.6. The molecule has 0 aliphatic carbocycles. The van der Waals surface area contributed by atoms with Crippen LogP contribution >= 0.6 is 0 Å². The average Bonchev–Trinajstić information content (AvgIpc) is 2.53. The number of piperidine rings is 1. The first-order valence-electron chi connectivity index (χ1n) is 7.69. The Bertz CT molecular complexity index is 539. The number of unbranched alkanes of at least 4 members (excludes halogenated alkanes) is 1. The van der Waals surface area contributed by atoms with Gasteiger partial charge in [-0.2, -0.15) is 4.31 Å². The van der Waals surface area contributed by atoms with Crippen LogP contribution in [0.2, 0.25) is 0 Å². The van der Waals surface area contributed by atoms with Crippen LogP contribution in [0.3, 0.4) is 0 Å². The van der Waals surface area contributed by atoms with E-state index in [1.54, 1.807) is 23.5 Å². The standard InChI is InChI=1S/C16H25NO3S/c1-3-4-6-14-8-10-16(11-9-14)21(18,19)17-12-5-7-15(13-17)20-2/h8-11,15H,3-7,12-13H2,1-2H3. The Balaban J connectivity index is 2.11. The lowest BCUT2D eigenvalue weighted by Gasteiger charge is -2.31. The highest BCUT2D eigenvalue weighted by Gasteiger charge is 2.30. The monoisotopic (exact) mass is 311 g/mol. The number of aryl methyl sites for hydroxylation is 1. The Labute approximate surface area is 128 Å². The molecule has 1 aliphatic rings. The van der Waals surface area contributed by atoms with Crippen molar-refractivity contribution in [1.29, 1.82) is 0 Å². The molecule has 1 atom stereocenters. The van der Waals surface area contributed by atoms with Crippen LogP contribution < -0.4 is 0 Å². The Morgan fingerprint density at radius 3 is 2.62 bits per heavy atom. The van der Waals surface area contributed by atoms with Gasteiger partial charge in [-0.3, -0.25) is 0 Å². The summed E-state index contributed by atoms with van der Waals surface area (Å²) < 4.78 is 32.1. The molecule has 2 rings (SSSR count). The van der Waals surface area contributed by atoms with Crippen molar-refractivity contribution < 1.29 is 13.2 Å². The van der Waals surface area contributed by atoms with E-state index >= 15 is 0 Å². The summed E-state index contributed by atoms with van der Waals surface area (Å²) in [6, 6.07) is 7.33. The number of hydrogen-bond acceptors (Lipinski definition) is 3. The predicted octanol–water partition coefficient (Wildman–Crippen LogP) is 2.83. The first-order valence-corrected chi connectivity index (χ1v) is 9.14. The Hall–Kier alpha value is -0.910. The van der Waals surface area contributed by atoms with Gasteiger partial charge in [0.2, 0.25) is 10.0 Å². The number of methoxy groups -OCH3 is 1. The summed E-state index contributed by atoms with van der Waals surface area (Å²) in [5.41, 5.74) is 1.20. The minimum atomic E-state index is -3.39. The molecule has 1 fully saturated rings. The average molecular weight is 311 g/mol. The fourth-order valence-electron chi connectivity index (χ4n) is 2.67. The second-order valence-corrected chi connectivity index (χ2v) is 7.55. The quantitative estimate of drug-likeness (QED) is 0.811. The lowest BCUT2D eigenvalue weighted by atomic mass is 10.1. The summed E-state index contributed by atoms with van der Waals surface area (Å²) in [7, 11) is -1.75. The molecule has 0 spiro atoms. The fraction of sp³-hybridized carbons (Fsp3) is 0.625. The van der Waals surface area contributed by atoms with E-state index in [4.69, 9.17) is 4.74 Å². The number of rotatable bonds is 6. The van der Waals surface area contributed by atoms with Crippen LogP contribution in [0.4, 0.5) is 0 Å². The van der Waals surface area contributed by atoms with Gasteiger partial charge >= 0.3 is 0 Å². The van der Waals surface area contributed by atoms with Gasteiger partial charge in [0.25, 0.3) is 0 Å². The molecule has 0 bridgehead atoms. The van der Waals surface area contributed by atoms with Crippen LogP contribution in [0.15, 0.2) is 29.2 Å². The summed E-state index contributed by atoms with van der Waals surface area (Å²) in [6.45, 7) is 3.19. The maximum Gasteiger partial charge on any atom is 0.243 e. The molecule has 0 radical (unpaired) electrons. The van der Waals surface area contributed by atoms with Crippen LogP contribution in [0.5, 0.6) is 0 Å². The number of benzene rings is 1. The fourth-order valence-corrected chi connectivity index (χ4v) is 4.18. The van der Waals surface area contributed by atoms with Gasteiger partial charge in [0.1, 0.15) is 0 Å². The minimum Gasteiger partial charge on any atom is -0.380 e. The maximum atomic E-state index is 12.6. The molecule has 0 N–H and O–H groups in total. The third kappa shape index (κ3) is 4.05. The highest BCUT2D eigenvalue weighted by atomic mass is 32.2. The van der Waals surface area contributed by atoms with E-state index in [0.29, 0.717) is 18.0 Å². The van der Waals surface area contributed by atoms with E-state index < -0.39 is 10.0 Å². The van der Waals surface area contributed by atoms with Gasteiger partial charge in [0, 0.05) is 20.2 Å². The summed E-state index contributed by atoms with van der Waals surface area (Å²) in [6.07, 6.45) is 5.08. The van der Waals surface area contributed by atoms with Gasteiger partial charge in [-0.05, 0) is 43.4 Å². The highest BCUT2D eigenvalue weighted by Crippen LogP contribution is 2.22. The van der Waals surface area contributed by atoms with Crippen LogP contribution in [0.25, 0.3) is 0 Å². The zero-order valence-electron chi connectivity index (χ0n) is 12.9. The van der Waals surface area contributed by atoms with Crippen molar-refractivity contribution in [3.63, 3.8) is 0 Å². The number of ether oxygens (including phenoxy) is 1. The molecule has 118 valence electrons. The Kier molecular flexibility index (Phi) is 5.79. The molecule has 0 saturated carbocycles. The number of sulfonamides is 1. The molecule has 1 aliphatic heterocycles. The molecule has 0 amide bonds. The Morgan fingerprint density at radius 2 is 2.00 bits per heavy atom. The van der Waals surface area contributed by atoms with Crippen molar-refractivity contribution in [2.45, 2.75) is 50.0 Å². The molecule has 1 aromatic carbocycles. The van der Waals surface area contributed by atoms with E-state index in [1.807, 2.05) is 12.1 Å². The molecule has 0 aromatic heterocycles. The van der Waals surface area contributed by atoms with Crippen molar-refractivity contribution in [3.8, 4) is 0 Å². The van der Waals surface area contributed by atoms with Crippen molar-refractivity contribution in [3.05, 3.63) is 29.8 Å². The van der Waals surface area contributed by atoms with Crippen molar-refractivity contribution in [1.82, 2.24) is 4.31 Å². The lowest BCUT2D eigenvalue weighted by Crippen LogP contribution is -2.42. The second kappa shape index (κ2) is 7.38. The normalized spacial score (nSPS) is 20.6. The minimum absolute atomic E-state index is 0.0114. The molecule has 4 nitrogen and oxygen atoms in total. The van der Waals surface area contributed by atoms with Crippen LogP contribution in [-0.4, -0.2) is 39.0 Å². The van der Waals surface area contributed by atoms with Gasteiger partial charge in [-0.25, -0.2) is 8.42 Å². The van der Waals surface area contributed by atoms with Crippen LogP contribution in [0.1, 0.15) is 38.2 Å². The van der Waals surface area contributed by atoms with E-state index in [2.05, 4.69) is 6.92 Å². The second-order valence-electron chi connectivity index (χ2n) is 5.61. The summed E-state index contributed by atoms with van der Waals surface area (Å²) >= 11 is 0. The molecular weight excluding hydrogens is 286 g/mol. The van der Waals surface area contributed by atoms with Gasteiger partial charge in [-0.15, -0.1) is 0 Å². The van der Waals surface area contributed by atoms with Crippen molar-refractivity contribution >= 4 is 10.0 Å². The molecule has 1 saturated heterocycles. The van der Waals surface area contributed by atoms with E-state index in [1.165, 1.54) is 5.56 Å². The number of nitrogens with zero attached hydrogens (tertiary/aromatic N) is 1. The summed E-state index contributed by atoms with van der Waals surface area (Å²) in [5, 5.41) is 0. The molecular formula is C16H25NO3S. The van der Waals surface area contributed by atoms with E-state index in [9.17, 15) is 8.42 Å². The van der Waals surface area contributed by atoms with Crippen molar-refractivity contribution in [2.24, 2.45) is 0 Å². The largest absolute Gasteiger partial charge is 0.380 e. The summed E-state index contributed by atoms with van der Waals surface area (Å²) in [5.74, 6) is 0. The van der Waals surface area contributed by atoms with Crippen LogP contribution in [0, 0.1) is 0 Å². The number of hydrogen-bond donors (Lipinski definition) is 0. The first kappa shape index (κ1) is 16.5. The van der Waals surface area contributed by atoms with Crippen molar-refractivity contribution in [2.75, 3.05) is 20.2 Å². The molecule has 5 heteroatoms. The third-order valence-corrected chi connectivity index (χ3v) is 5.93. The summed E-state index contributed by atoms with van der Waals surface area (Å²) in [4.78, 5) is 0.388.